The fourth-order valence-electron chi connectivity index (χ4n) is 9.90. The highest BCUT2D eigenvalue weighted by molar-refractivity contribution is 6.21. The fourth-order valence-corrected chi connectivity index (χ4v) is 9.90. The molecule has 0 aliphatic rings. The average Bonchev–Trinajstić information content (AvgIpc) is 3.38. The van der Waals surface area contributed by atoms with Crippen LogP contribution in [0.2, 0.25) is 0 Å². The molecule has 0 unspecified atom stereocenters. The summed E-state index contributed by atoms with van der Waals surface area (Å²) in [5.41, 5.74) is 17.2. The summed E-state index contributed by atoms with van der Waals surface area (Å²) in [5.74, 6) is 0. The van der Waals surface area contributed by atoms with Gasteiger partial charge in [0.05, 0.1) is 0 Å². The number of benzene rings is 12. The van der Waals surface area contributed by atoms with Gasteiger partial charge in [0, 0.05) is 0 Å². The van der Waals surface area contributed by atoms with Crippen LogP contribution >= 0.6 is 0 Å². The van der Waals surface area contributed by atoms with Crippen LogP contribution in [-0.4, -0.2) is 0 Å². The minimum atomic E-state index is 1.20. The Balaban J connectivity index is 0.863. The maximum absolute atomic E-state index is 2.31. The van der Waals surface area contributed by atoms with Gasteiger partial charge in [-0.15, -0.1) is 0 Å². The molecule has 64 heavy (non-hydrogen) atoms. The van der Waals surface area contributed by atoms with Crippen LogP contribution in [0, 0.1) is 0 Å². The Morgan fingerprint density at radius 3 is 0.984 bits per heavy atom. The fraction of sp³-hybridized carbons (Fsp3) is 0. The summed E-state index contributed by atoms with van der Waals surface area (Å²) >= 11 is 0. The zero-order chi connectivity index (χ0) is 42.4. The van der Waals surface area contributed by atoms with Crippen LogP contribution in [0.4, 0.5) is 0 Å². The van der Waals surface area contributed by atoms with Gasteiger partial charge in [-0.2, -0.15) is 0 Å². The topological polar surface area (TPSA) is 0 Å². The Morgan fingerprint density at radius 1 is 0.156 bits per heavy atom. The van der Waals surface area contributed by atoms with E-state index in [1.807, 2.05) is 0 Å². The minimum Gasteiger partial charge on any atom is -0.0622 e. The molecule has 0 N–H and O–H groups in total. The Bertz CT molecular complexity index is 3600. The maximum Gasteiger partial charge on any atom is -0.00264 e. The smallest absolute Gasteiger partial charge is 0.00264 e. The lowest BCUT2D eigenvalue weighted by Gasteiger charge is -2.18. The molecule has 0 aliphatic carbocycles. The van der Waals surface area contributed by atoms with E-state index in [-0.39, 0.29) is 0 Å². The van der Waals surface area contributed by atoms with Crippen LogP contribution in [0.25, 0.3) is 121 Å². The highest BCUT2D eigenvalue weighted by atomic mass is 14.2. The largest absolute Gasteiger partial charge is 0.0622 e. The van der Waals surface area contributed by atoms with E-state index in [1.165, 1.54) is 121 Å². The highest BCUT2D eigenvalue weighted by Gasteiger charge is 2.18. The maximum atomic E-state index is 2.31. The third-order valence-corrected chi connectivity index (χ3v) is 13.1. The summed E-state index contributed by atoms with van der Waals surface area (Å²) in [6.07, 6.45) is 0. The Hall–Kier alpha value is -8.32. The SMILES string of the molecule is c1ccc(-c2c(-c3ccc(-c4c5ccccc5c(-c5ccc(-c6ccc(-c7ccc(-c8ccc9ccccc9c8)cc7)cc6)cc5)c5ccccc45)cc3)ccc3ccccc23)cc1. The molecule has 0 bridgehead atoms. The van der Waals surface area contributed by atoms with E-state index in [2.05, 4.69) is 255 Å². The zero-order valence-corrected chi connectivity index (χ0v) is 35.2. The number of rotatable bonds is 7. The van der Waals surface area contributed by atoms with Crippen molar-refractivity contribution in [3.05, 3.63) is 255 Å². The summed E-state index contributed by atoms with van der Waals surface area (Å²) in [7, 11) is 0. The zero-order valence-electron chi connectivity index (χ0n) is 35.2. The van der Waals surface area contributed by atoms with Gasteiger partial charge in [-0.1, -0.05) is 249 Å². The molecule has 0 atom stereocenters. The Kier molecular flexibility index (Phi) is 9.28. The van der Waals surface area contributed by atoms with Crippen LogP contribution in [0.5, 0.6) is 0 Å². The predicted octanol–water partition coefficient (Wildman–Crippen LogP) is 18.0. The van der Waals surface area contributed by atoms with Crippen molar-refractivity contribution in [2.45, 2.75) is 0 Å². The third-order valence-electron chi connectivity index (χ3n) is 13.1. The van der Waals surface area contributed by atoms with Crippen molar-refractivity contribution in [2.24, 2.45) is 0 Å². The van der Waals surface area contributed by atoms with Gasteiger partial charge in [-0.25, -0.2) is 0 Å². The van der Waals surface area contributed by atoms with Crippen molar-refractivity contribution < 1.29 is 0 Å². The molecule has 0 spiro atoms. The van der Waals surface area contributed by atoms with Gasteiger partial charge in [-0.3, -0.25) is 0 Å². The van der Waals surface area contributed by atoms with Gasteiger partial charge < -0.3 is 0 Å². The molecular formula is C64H42. The third kappa shape index (κ3) is 6.65. The molecule has 0 fully saturated rings. The van der Waals surface area contributed by atoms with Gasteiger partial charge in [0.25, 0.3) is 0 Å². The molecular weight excluding hydrogens is 769 g/mol. The highest BCUT2D eigenvalue weighted by Crippen LogP contribution is 2.45. The van der Waals surface area contributed by atoms with Crippen molar-refractivity contribution >= 4 is 43.1 Å². The Morgan fingerprint density at radius 2 is 0.484 bits per heavy atom. The van der Waals surface area contributed by atoms with Crippen LogP contribution < -0.4 is 0 Å². The molecule has 298 valence electrons. The van der Waals surface area contributed by atoms with Gasteiger partial charge in [0.15, 0.2) is 0 Å². The first-order valence-electron chi connectivity index (χ1n) is 22.2. The summed E-state index contributed by atoms with van der Waals surface area (Å²) in [4.78, 5) is 0. The molecule has 12 rings (SSSR count). The second-order valence-corrected chi connectivity index (χ2v) is 16.8. The molecule has 0 amide bonds. The van der Waals surface area contributed by atoms with E-state index < -0.39 is 0 Å². The Labute approximate surface area is 374 Å². The standard InChI is InChI=1S/C64H42/c1-2-14-51(15-3-1)62-56-17-7-6-13-49(56)40-41-57(62)50-33-37-53(38-34-50)64-60-20-10-8-18-58(60)63(59-19-9-11-21-61(59)64)52-35-30-47(31-36-52)45-24-22-44(23-25-45)46-26-28-48(29-27-46)55-39-32-43-12-4-5-16-54(43)42-55/h1-42H. The first-order valence-corrected chi connectivity index (χ1v) is 22.2. The average molecular weight is 811 g/mol. The molecule has 0 nitrogen and oxygen atoms in total. The molecule has 0 saturated heterocycles. The van der Waals surface area contributed by atoms with Crippen LogP contribution in [0.3, 0.4) is 0 Å². The molecule has 0 saturated carbocycles. The van der Waals surface area contributed by atoms with Gasteiger partial charge in [0.2, 0.25) is 0 Å². The molecule has 0 heterocycles. The first kappa shape index (κ1) is 37.4. The van der Waals surface area contributed by atoms with E-state index in [0.29, 0.717) is 0 Å². The lowest BCUT2D eigenvalue weighted by molar-refractivity contribution is 1.58. The quantitative estimate of drug-likeness (QED) is 0.141. The summed E-state index contributed by atoms with van der Waals surface area (Å²) in [6, 6.07) is 93.4. The second kappa shape index (κ2) is 15.9. The molecule has 0 heteroatoms. The van der Waals surface area contributed by atoms with Crippen LogP contribution in [-0.2, 0) is 0 Å². The van der Waals surface area contributed by atoms with E-state index in [0.717, 1.165) is 0 Å². The molecule has 12 aromatic carbocycles. The van der Waals surface area contributed by atoms with Crippen molar-refractivity contribution in [3.63, 3.8) is 0 Å². The lowest BCUT2D eigenvalue weighted by Crippen LogP contribution is -1.91. The van der Waals surface area contributed by atoms with Crippen molar-refractivity contribution in [3.8, 4) is 77.9 Å². The van der Waals surface area contributed by atoms with E-state index in [1.54, 1.807) is 0 Å². The van der Waals surface area contributed by atoms with Crippen molar-refractivity contribution in [1.82, 2.24) is 0 Å². The normalized spacial score (nSPS) is 11.4. The number of hydrogen-bond acceptors (Lipinski definition) is 0. The summed E-state index contributed by atoms with van der Waals surface area (Å²) in [6.45, 7) is 0. The van der Waals surface area contributed by atoms with E-state index in [4.69, 9.17) is 0 Å². The molecule has 0 radical (unpaired) electrons. The molecule has 0 aliphatic heterocycles. The van der Waals surface area contributed by atoms with E-state index in [9.17, 15) is 0 Å². The second-order valence-electron chi connectivity index (χ2n) is 16.8. The first-order chi connectivity index (χ1) is 31.7. The van der Waals surface area contributed by atoms with Crippen LogP contribution in [0.15, 0.2) is 255 Å². The minimum absolute atomic E-state index is 1.20. The monoisotopic (exact) mass is 810 g/mol. The molecule has 0 aromatic heterocycles. The summed E-state index contributed by atoms with van der Waals surface area (Å²) in [5, 5.41) is 10.1. The van der Waals surface area contributed by atoms with Gasteiger partial charge in [0.1, 0.15) is 0 Å². The van der Waals surface area contributed by atoms with Crippen molar-refractivity contribution in [1.29, 1.82) is 0 Å². The van der Waals surface area contributed by atoms with E-state index >= 15 is 0 Å². The number of fused-ring (bicyclic) bond motifs is 4. The summed E-state index contributed by atoms with van der Waals surface area (Å²) < 4.78 is 0. The predicted molar refractivity (Wildman–Crippen MR) is 275 cm³/mol. The molecule has 12 aromatic rings. The lowest BCUT2D eigenvalue weighted by atomic mass is 9.85. The van der Waals surface area contributed by atoms with Crippen LogP contribution in [0.1, 0.15) is 0 Å². The van der Waals surface area contributed by atoms with Crippen molar-refractivity contribution in [2.75, 3.05) is 0 Å². The van der Waals surface area contributed by atoms with Gasteiger partial charge in [-0.05, 0) is 127 Å². The van der Waals surface area contributed by atoms with Gasteiger partial charge >= 0.3 is 0 Å². The number of hydrogen-bond donors (Lipinski definition) is 0.